The fraction of sp³-hybridized carbons (Fsp3) is 0.500. The molecule has 3 rings (SSSR count). The van der Waals surface area contributed by atoms with Gasteiger partial charge in [-0.2, -0.15) is 11.8 Å². The first kappa shape index (κ1) is 13.8. The summed E-state index contributed by atoms with van der Waals surface area (Å²) in [6.45, 7) is 3.02. The molecule has 2 aromatic rings. The summed E-state index contributed by atoms with van der Waals surface area (Å²) >= 11 is 11.9. The number of nitrogens with zero attached hydrogens (tertiary/aromatic N) is 2. The Morgan fingerprint density at radius 3 is 3.11 bits per heavy atom. The topological polar surface area (TPSA) is 17.8 Å². The van der Waals surface area contributed by atoms with Gasteiger partial charge in [0.25, 0.3) is 0 Å². The Hall–Kier alpha value is -0.190. The van der Waals surface area contributed by atoms with E-state index >= 15 is 0 Å². The maximum atomic E-state index is 6.30. The third kappa shape index (κ3) is 2.81. The molecule has 2 atom stereocenters. The molecule has 2 nitrogen and oxygen atoms in total. The molecule has 0 saturated carbocycles. The first-order valence-corrected chi connectivity index (χ1v) is 8.84. The van der Waals surface area contributed by atoms with Gasteiger partial charge in [-0.1, -0.05) is 15.9 Å². The molecule has 0 aliphatic carbocycles. The molecule has 19 heavy (non-hydrogen) atoms. The summed E-state index contributed by atoms with van der Waals surface area (Å²) in [5.41, 5.74) is 2.22. The zero-order chi connectivity index (χ0) is 13.4. The van der Waals surface area contributed by atoms with Gasteiger partial charge in [-0.05, 0) is 43.7 Å². The maximum absolute atomic E-state index is 6.30. The highest BCUT2D eigenvalue weighted by Crippen LogP contribution is 2.32. The Morgan fingerprint density at radius 1 is 1.58 bits per heavy atom. The average molecular weight is 360 g/mol. The summed E-state index contributed by atoms with van der Waals surface area (Å²) in [5.74, 6) is 2.27. The van der Waals surface area contributed by atoms with Crippen LogP contribution in [0.25, 0.3) is 11.0 Å². The number of alkyl halides is 1. The van der Waals surface area contributed by atoms with Crippen molar-refractivity contribution in [3.05, 3.63) is 28.5 Å². The lowest BCUT2D eigenvalue weighted by Crippen LogP contribution is -2.13. The van der Waals surface area contributed by atoms with E-state index in [0.717, 1.165) is 22.4 Å². The minimum Gasteiger partial charge on any atom is -0.326 e. The van der Waals surface area contributed by atoms with Gasteiger partial charge in [-0.15, -0.1) is 11.6 Å². The zero-order valence-corrected chi connectivity index (χ0v) is 13.9. The van der Waals surface area contributed by atoms with E-state index in [9.17, 15) is 0 Å². The molecule has 0 N–H and O–H groups in total. The number of hydrogen-bond acceptors (Lipinski definition) is 2. The van der Waals surface area contributed by atoms with Crippen LogP contribution in [0.4, 0.5) is 0 Å². The molecule has 0 radical (unpaired) electrons. The Labute approximate surface area is 131 Å². The standard InChI is InChI=1S/C14H16BrClN2S/c1-9(16)14-17-12-7-10(15)4-5-13(12)18(14)8-11-3-2-6-19-11/h4-5,7,9,11H,2-3,6,8H2,1H3. The van der Waals surface area contributed by atoms with Crippen LogP contribution in [0.2, 0.25) is 0 Å². The molecule has 1 aliphatic rings. The smallest absolute Gasteiger partial charge is 0.127 e. The lowest BCUT2D eigenvalue weighted by atomic mass is 10.2. The molecule has 5 heteroatoms. The number of thioether (sulfide) groups is 1. The van der Waals surface area contributed by atoms with Crippen LogP contribution >= 0.6 is 39.3 Å². The number of hydrogen-bond donors (Lipinski definition) is 0. The second-order valence-corrected chi connectivity index (χ2v) is 7.94. The number of aromatic nitrogens is 2. The van der Waals surface area contributed by atoms with Gasteiger partial charge in [-0.3, -0.25) is 0 Å². The molecule has 2 unspecified atom stereocenters. The van der Waals surface area contributed by atoms with Gasteiger partial charge in [0, 0.05) is 16.3 Å². The Kier molecular flexibility index (Phi) is 4.11. The number of imidazole rings is 1. The van der Waals surface area contributed by atoms with E-state index in [1.807, 2.05) is 6.92 Å². The Balaban J connectivity index is 2.05. The van der Waals surface area contributed by atoms with Crippen molar-refractivity contribution in [3.8, 4) is 0 Å². The van der Waals surface area contributed by atoms with Crippen LogP contribution in [-0.4, -0.2) is 20.6 Å². The molecule has 0 bridgehead atoms. The second kappa shape index (κ2) is 5.66. The van der Waals surface area contributed by atoms with Gasteiger partial charge >= 0.3 is 0 Å². The summed E-state index contributed by atoms with van der Waals surface area (Å²) in [6.07, 6.45) is 2.64. The van der Waals surface area contributed by atoms with Crippen molar-refractivity contribution in [3.63, 3.8) is 0 Å². The molecule has 1 aromatic heterocycles. The van der Waals surface area contributed by atoms with Crippen molar-refractivity contribution in [1.82, 2.24) is 9.55 Å². The summed E-state index contributed by atoms with van der Waals surface area (Å²) in [5, 5.41) is 0.646. The molecule has 1 aliphatic heterocycles. The summed E-state index contributed by atoms with van der Waals surface area (Å²) < 4.78 is 3.37. The Morgan fingerprint density at radius 2 is 2.42 bits per heavy atom. The molecule has 1 saturated heterocycles. The highest BCUT2D eigenvalue weighted by molar-refractivity contribution is 9.10. The fourth-order valence-electron chi connectivity index (χ4n) is 2.61. The lowest BCUT2D eigenvalue weighted by molar-refractivity contribution is 0.623. The van der Waals surface area contributed by atoms with Crippen LogP contribution in [0.15, 0.2) is 22.7 Å². The van der Waals surface area contributed by atoms with E-state index in [1.165, 1.54) is 24.1 Å². The fourth-order valence-corrected chi connectivity index (χ4v) is 4.38. The highest BCUT2D eigenvalue weighted by Gasteiger charge is 2.21. The van der Waals surface area contributed by atoms with E-state index in [-0.39, 0.29) is 5.38 Å². The van der Waals surface area contributed by atoms with Gasteiger partial charge in [0.2, 0.25) is 0 Å². The first-order chi connectivity index (χ1) is 9.15. The molecular weight excluding hydrogens is 344 g/mol. The van der Waals surface area contributed by atoms with Crippen molar-refractivity contribution in [2.75, 3.05) is 5.75 Å². The zero-order valence-electron chi connectivity index (χ0n) is 10.8. The number of halogens is 2. The highest BCUT2D eigenvalue weighted by atomic mass is 79.9. The van der Waals surface area contributed by atoms with E-state index in [0.29, 0.717) is 5.25 Å². The van der Waals surface area contributed by atoms with Gasteiger partial charge in [0.15, 0.2) is 0 Å². The lowest BCUT2D eigenvalue weighted by Gasteiger charge is -2.14. The van der Waals surface area contributed by atoms with Crippen LogP contribution < -0.4 is 0 Å². The minimum absolute atomic E-state index is 0.0578. The van der Waals surface area contributed by atoms with E-state index in [4.69, 9.17) is 16.6 Å². The van der Waals surface area contributed by atoms with E-state index in [2.05, 4.69) is 50.5 Å². The van der Waals surface area contributed by atoms with E-state index in [1.54, 1.807) is 0 Å². The summed E-state index contributed by atoms with van der Waals surface area (Å²) in [6, 6.07) is 6.27. The molecule has 1 aromatic carbocycles. The van der Waals surface area contributed by atoms with Crippen LogP contribution in [0.3, 0.4) is 0 Å². The van der Waals surface area contributed by atoms with Crippen molar-refractivity contribution in [2.45, 2.75) is 36.9 Å². The van der Waals surface area contributed by atoms with Gasteiger partial charge in [0.1, 0.15) is 5.82 Å². The number of fused-ring (bicyclic) bond motifs is 1. The van der Waals surface area contributed by atoms with Crippen LogP contribution in [-0.2, 0) is 6.54 Å². The molecule has 0 spiro atoms. The predicted octanol–water partition coefficient (Wildman–Crippen LogP) is 4.99. The largest absolute Gasteiger partial charge is 0.326 e. The molecule has 2 heterocycles. The summed E-state index contributed by atoms with van der Waals surface area (Å²) in [4.78, 5) is 4.71. The second-order valence-electron chi connectivity index (χ2n) is 4.96. The molecule has 1 fully saturated rings. The molecule has 0 amide bonds. The third-order valence-electron chi connectivity index (χ3n) is 3.51. The average Bonchev–Trinajstić information content (AvgIpc) is 2.97. The van der Waals surface area contributed by atoms with Crippen molar-refractivity contribution in [1.29, 1.82) is 0 Å². The van der Waals surface area contributed by atoms with Gasteiger partial charge in [-0.25, -0.2) is 4.98 Å². The first-order valence-electron chi connectivity index (χ1n) is 6.56. The van der Waals surface area contributed by atoms with Crippen molar-refractivity contribution >= 4 is 50.3 Å². The quantitative estimate of drug-likeness (QED) is 0.718. The van der Waals surface area contributed by atoms with Gasteiger partial charge in [0.05, 0.1) is 16.4 Å². The third-order valence-corrected chi connectivity index (χ3v) is 5.57. The van der Waals surface area contributed by atoms with Crippen LogP contribution in [0.1, 0.15) is 31.0 Å². The number of rotatable bonds is 3. The normalized spacial score (nSPS) is 21.1. The minimum atomic E-state index is -0.0578. The SMILES string of the molecule is CC(Cl)c1nc2cc(Br)ccc2n1CC1CCCS1. The van der Waals surface area contributed by atoms with Crippen molar-refractivity contribution in [2.24, 2.45) is 0 Å². The summed E-state index contributed by atoms with van der Waals surface area (Å²) in [7, 11) is 0. The Bertz CT molecular complexity index is 590. The predicted molar refractivity (Wildman–Crippen MR) is 87.2 cm³/mol. The monoisotopic (exact) mass is 358 g/mol. The molecule has 102 valence electrons. The van der Waals surface area contributed by atoms with Crippen LogP contribution in [0.5, 0.6) is 0 Å². The van der Waals surface area contributed by atoms with Crippen LogP contribution in [0, 0.1) is 0 Å². The van der Waals surface area contributed by atoms with Gasteiger partial charge < -0.3 is 4.57 Å². The van der Waals surface area contributed by atoms with E-state index < -0.39 is 0 Å². The van der Waals surface area contributed by atoms with Crippen molar-refractivity contribution < 1.29 is 0 Å². The number of benzene rings is 1. The molecular formula is C14H16BrClN2S. The maximum Gasteiger partial charge on any atom is 0.127 e.